The van der Waals surface area contributed by atoms with Crippen LogP contribution in [0.2, 0.25) is 0 Å². The molecule has 0 fully saturated rings. The molecule has 2 heterocycles. The second kappa shape index (κ2) is 7.59. The first kappa shape index (κ1) is 19.2. The van der Waals surface area contributed by atoms with Gasteiger partial charge in [-0.25, -0.2) is 18.3 Å². The van der Waals surface area contributed by atoms with Gasteiger partial charge in [0.15, 0.2) is 11.6 Å². The van der Waals surface area contributed by atoms with Gasteiger partial charge in [0.1, 0.15) is 0 Å². The lowest BCUT2D eigenvalue weighted by atomic mass is 10.1. The summed E-state index contributed by atoms with van der Waals surface area (Å²) in [5.41, 5.74) is 2.75. The molecule has 0 spiro atoms. The topological polar surface area (TPSA) is 72.2 Å². The van der Waals surface area contributed by atoms with E-state index in [0.29, 0.717) is 22.2 Å². The molecule has 1 amide bonds. The molecule has 3 rings (SSSR count). The highest BCUT2D eigenvalue weighted by Gasteiger charge is 2.18. The number of nitrogens with one attached hydrogen (secondary N) is 1. The standard InChI is InChI=1S/C18H19F2N5OS/c1-9(12-5-6-14(19)15(20)7-12)21-16(26)8-13-10(2)22-17-23-18(27-4)24-25(17)11(13)3/h5-7,9H,8H2,1-4H3,(H,21,26)/t9-/m1/s1. The smallest absolute Gasteiger partial charge is 0.253 e. The third kappa shape index (κ3) is 3.92. The third-order valence-corrected chi connectivity index (χ3v) is 4.91. The molecule has 3 aromatic rings. The number of hydrogen-bond acceptors (Lipinski definition) is 5. The maximum atomic E-state index is 13.4. The first-order valence-electron chi connectivity index (χ1n) is 8.31. The average molecular weight is 391 g/mol. The molecule has 2 aromatic heterocycles. The van der Waals surface area contributed by atoms with E-state index >= 15 is 0 Å². The molecular weight excluding hydrogens is 372 g/mol. The van der Waals surface area contributed by atoms with Crippen LogP contribution in [0, 0.1) is 25.5 Å². The van der Waals surface area contributed by atoms with Crippen LogP contribution >= 0.6 is 11.8 Å². The number of amides is 1. The largest absolute Gasteiger partial charge is 0.349 e. The van der Waals surface area contributed by atoms with Gasteiger partial charge in [-0.1, -0.05) is 17.8 Å². The first-order chi connectivity index (χ1) is 12.8. The number of benzene rings is 1. The number of carbonyl (C=O) groups excluding carboxylic acids is 1. The SMILES string of the molecule is CSc1nc2nc(C)c(CC(=O)N[C@H](C)c3ccc(F)c(F)c3)c(C)n2n1. The van der Waals surface area contributed by atoms with Gasteiger partial charge in [-0.15, -0.1) is 5.10 Å². The predicted molar refractivity (Wildman–Crippen MR) is 98.7 cm³/mol. The number of nitrogens with zero attached hydrogens (tertiary/aromatic N) is 4. The van der Waals surface area contributed by atoms with E-state index in [0.717, 1.165) is 23.4 Å². The summed E-state index contributed by atoms with van der Waals surface area (Å²) in [7, 11) is 0. The van der Waals surface area contributed by atoms with Crippen molar-refractivity contribution >= 4 is 23.4 Å². The zero-order valence-electron chi connectivity index (χ0n) is 15.4. The number of aryl methyl sites for hydroxylation is 2. The van der Waals surface area contributed by atoms with Crippen LogP contribution in [-0.4, -0.2) is 31.7 Å². The lowest BCUT2D eigenvalue weighted by Crippen LogP contribution is -2.29. The number of halogens is 2. The third-order valence-electron chi connectivity index (χ3n) is 4.37. The summed E-state index contributed by atoms with van der Waals surface area (Å²) in [5.74, 6) is -1.61. The molecule has 1 atom stereocenters. The zero-order chi connectivity index (χ0) is 19.7. The second-order valence-corrected chi connectivity index (χ2v) is 6.98. The van der Waals surface area contributed by atoms with Crippen molar-refractivity contribution in [3.05, 3.63) is 52.3 Å². The van der Waals surface area contributed by atoms with Gasteiger partial charge < -0.3 is 5.32 Å². The molecule has 27 heavy (non-hydrogen) atoms. The van der Waals surface area contributed by atoms with Crippen molar-refractivity contribution in [3.8, 4) is 0 Å². The number of fused-ring (bicyclic) bond motifs is 1. The molecule has 0 aliphatic rings. The highest BCUT2D eigenvalue weighted by atomic mass is 32.2. The number of aromatic nitrogens is 4. The molecular formula is C18H19F2N5OS. The van der Waals surface area contributed by atoms with Gasteiger partial charge in [0.25, 0.3) is 5.78 Å². The molecule has 0 aliphatic carbocycles. The molecule has 0 bridgehead atoms. The van der Waals surface area contributed by atoms with E-state index in [1.54, 1.807) is 11.4 Å². The summed E-state index contributed by atoms with van der Waals surface area (Å²) >= 11 is 1.42. The van der Waals surface area contributed by atoms with Crippen molar-refractivity contribution in [2.75, 3.05) is 6.26 Å². The summed E-state index contributed by atoms with van der Waals surface area (Å²) in [6.07, 6.45) is 1.98. The van der Waals surface area contributed by atoms with Crippen LogP contribution in [0.1, 0.15) is 35.5 Å². The number of rotatable bonds is 5. The Bertz CT molecular complexity index is 1020. The Balaban J connectivity index is 1.80. The maximum Gasteiger partial charge on any atom is 0.253 e. The minimum Gasteiger partial charge on any atom is -0.349 e. The Hall–Kier alpha value is -2.55. The zero-order valence-corrected chi connectivity index (χ0v) is 16.2. The van der Waals surface area contributed by atoms with E-state index in [9.17, 15) is 13.6 Å². The Labute approximate surface area is 159 Å². The van der Waals surface area contributed by atoms with Gasteiger partial charge in [-0.05, 0) is 44.7 Å². The van der Waals surface area contributed by atoms with Crippen molar-refractivity contribution in [2.45, 2.75) is 38.4 Å². The average Bonchev–Trinajstić information content (AvgIpc) is 3.04. The van der Waals surface area contributed by atoms with Crippen LogP contribution in [0.25, 0.3) is 5.78 Å². The molecule has 6 nitrogen and oxygen atoms in total. The molecule has 1 N–H and O–H groups in total. The normalized spacial score (nSPS) is 12.4. The van der Waals surface area contributed by atoms with Gasteiger partial charge in [0.05, 0.1) is 12.5 Å². The Morgan fingerprint density at radius 3 is 2.67 bits per heavy atom. The highest BCUT2D eigenvalue weighted by molar-refractivity contribution is 7.98. The monoisotopic (exact) mass is 391 g/mol. The van der Waals surface area contributed by atoms with Crippen LogP contribution in [0.15, 0.2) is 23.4 Å². The summed E-state index contributed by atoms with van der Waals surface area (Å²) in [6, 6.07) is 3.13. The second-order valence-electron chi connectivity index (χ2n) is 6.21. The quantitative estimate of drug-likeness (QED) is 0.677. The van der Waals surface area contributed by atoms with E-state index in [1.807, 2.05) is 20.1 Å². The minimum atomic E-state index is -0.939. The van der Waals surface area contributed by atoms with E-state index < -0.39 is 17.7 Å². The summed E-state index contributed by atoms with van der Waals surface area (Å²) in [4.78, 5) is 21.2. The van der Waals surface area contributed by atoms with E-state index in [2.05, 4.69) is 20.4 Å². The van der Waals surface area contributed by atoms with Crippen LogP contribution in [0.4, 0.5) is 8.78 Å². The number of hydrogen-bond donors (Lipinski definition) is 1. The van der Waals surface area contributed by atoms with Gasteiger partial charge in [0, 0.05) is 17.0 Å². The van der Waals surface area contributed by atoms with Crippen molar-refractivity contribution in [1.82, 2.24) is 24.9 Å². The van der Waals surface area contributed by atoms with Crippen LogP contribution in [0.3, 0.4) is 0 Å². The van der Waals surface area contributed by atoms with Crippen molar-refractivity contribution in [1.29, 1.82) is 0 Å². The summed E-state index contributed by atoms with van der Waals surface area (Å²) in [5, 5.41) is 7.78. The minimum absolute atomic E-state index is 0.100. The molecule has 9 heteroatoms. The Morgan fingerprint density at radius 1 is 1.26 bits per heavy atom. The van der Waals surface area contributed by atoms with E-state index in [4.69, 9.17) is 0 Å². The van der Waals surface area contributed by atoms with Crippen molar-refractivity contribution in [3.63, 3.8) is 0 Å². The van der Waals surface area contributed by atoms with Crippen LogP contribution in [-0.2, 0) is 11.2 Å². The Kier molecular flexibility index (Phi) is 5.41. The molecule has 142 valence electrons. The Morgan fingerprint density at radius 2 is 2.00 bits per heavy atom. The van der Waals surface area contributed by atoms with Crippen molar-refractivity contribution in [2.24, 2.45) is 0 Å². The molecule has 0 aliphatic heterocycles. The van der Waals surface area contributed by atoms with Gasteiger partial charge >= 0.3 is 0 Å². The first-order valence-corrected chi connectivity index (χ1v) is 9.53. The van der Waals surface area contributed by atoms with Crippen LogP contribution in [0.5, 0.6) is 0 Å². The number of thioether (sulfide) groups is 1. The predicted octanol–water partition coefficient (Wildman–Crippen LogP) is 3.16. The fourth-order valence-electron chi connectivity index (χ4n) is 2.85. The van der Waals surface area contributed by atoms with E-state index in [1.165, 1.54) is 17.8 Å². The molecule has 1 aromatic carbocycles. The van der Waals surface area contributed by atoms with E-state index in [-0.39, 0.29) is 12.3 Å². The van der Waals surface area contributed by atoms with Gasteiger partial charge in [0.2, 0.25) is 11.1 Å². The van der Waals surface area contributed by atoms with Gasteiger partial charge in [-0.2, -0.15) is 4.98 Å². The highest BCUT2D eigenvalue weighted by Crippen LogP contribution is 2.19. The van der Waals surface area contributed by atoms with Gasteiger partial charge in [-0.3, -0.25) is 4.79 Å². The number of carbonyl (C=O) groups is 1. The maximum absolute atomic E-state index is 13.4. The van der Waals surface area contributed by atoms with Crippen LogP contribution < -0.4 is 5.32 Å². The fourth-order valence-corrected chi connectivity index (χ4v) is 3.19. The summed E-state index contributed by atoms with van der Waals surface area (Å²) < 4.78 is 28.1. The molecule has 0 saturated carbocycles. The lowest BCUT2D eigenvalue weighted by molar-refractivity contribution is -0.121. The molecule has 0 unspecified atom stereocenters. The van der Waals surface area contributed by atoms with Crippen molar-refractivity contribution < 1.29 is 13.6 Å². The summed E-state index contributed by atoms with van der Waals surface area (Å²) in [6.45, 7) is 5.40. The fraction of sp³-hybridized carbons (Fsp3) is 0.333. The molecule has 0 saturated heterocycles. The molecule has 0 radical (unpaired) electrons. The lowest BCUT2D eigenvalue weighted by Gasteiger charge is -2.16.